The highest BCUT2D eigenvalue weighted by Gasteiger charge is 2.23. The smallest absolute Gasteiger partial charge is 0.0540 e. The van der Waals surface area contributed by atoms with Gasteiger partial charge in [-0.2, -0.15) is 0 Å². The number of hydrogen-bond donors (Lipinski definition) is 0. The summed E-state index contributed by atoms with van der Waals surface area (Å²) < 4.78 is 2.60. The zero-order chi connectivity index (χ0) is 37.3. The molecule has 0 atom stereocenters. The maximum absolute atomic E-state index is 2.48. The lowest BCUT2D eigenvalue weighted by Gasteiger charge is -2.31. The van der Waals surface area contributed by atoms with Crippen molar-refractivity contribution in [2.75, 3.05) is 4.90 Å². The van der Waals surface area contributed by atoms with Gasteiger partial charge >= 0.3 is 0 Å². The molecule has 0 radical (unpaired) electrons. The average molecular weight is 732 g/mol. The number of rotatable bonds is 8. The fraction of sp³-hybridized carbons (Fsp3) is 0. The molecule has 9 aromatic carbocycles. The van der Waals surface area contributed by atoms with Crippen LogP contribution in [0.5, 0.6) is 0 Å². The van der Waals surface area contributed by atoms with Crippen molar-refractivity contribution in [2.24, 2.45) is 0 Å². The van der Waals surface area contributed by atoms with E-state index in [1.807, 2.05) is 11.3 Å². The van der Waals surface area contributed by atoms with Gasteiger partial charge in [0.1, 0.15) is 0 Å². The Morgan fingerprint density at radius 2 is 0.732 bits per heavy atom. The van der Waals surface area contributed by atoms with Crippen LogP contribution in [-0.4, -0.2) is 0 Å². The molecular weight excluding hydrogens is 695 g/mol. The first-order valence-electron chi connectivity index (χ1n) is 19.1. The van der Waals surface area contributed by atoms with Gasteiger partial charge < -0.3 is 4.90 Å². The van der Waals surface area contributed by atoms with Crippen LogP contribution in [0.1, 0.15) is 0 Å². The summed E-state index contributed by atoms with van der Waals surface area (Å²) in [5.41, 5.74) is 15.3. The quantitative estimate of drug-likeness (QED) is 0.150. The maximum Gasteiger partial charge on any atom is 0.0540 e. The molecule has 0 N–H and O–H groups in total. The molecule has 0 saturated heterocycles. The fourth-order valence-corrected chi connectivity index (χ4v) is 9.39. The Bertz CT molecular complexity index is 2980. The molecule has 56 heavy (non-hydrogen) atoms. The summed E-state index contributed by atoms with van der Waals surface area (Å²) >= 11 is 1.88. The molecule has 0 unspecified atom stereocenters. The number of anilines is 3. The van der Waals surface area contributed by atoms with Crippen LogP contribution in [0, 0.1) is 0 Å². The van der Waals surface area contributed by atoms with Crippen LogP contribution in [0.3, 0.4) is 0 Å². The molecule has 0 fully saturated rings. The van der Waals surface area contributed by atoms with Gasteiger partial charge in [0.05, 0.1) is 11.4 Å². The van der Waals surface area contributed by atoms with Crippen LogP contribution < -0.4 is 4.90 Å². The van der Waals surface area contributed by atoms with Crippen molar-refractivity contribution in [1.82, 2.24) is 0 Å². The first-order chi connectivity index (χ1) is 27.8. The van der Waals surface area contributed by atoms with Crippen LogP contribution in [0.25, 0.3) is 75.8 Å². The molecule has 0 spiro atoms. The van der Waals surface area contributed by atoms with Gasteiger partial charge in [0.2, 0.25) is 0 Å². The maximum atomic E-state index is 2.48. The Hall–Kier alpha value is -7.00. The lowest BCUT2D eigenvalue weighted by atomic mass is 9.88. The van der Waals surface area contributed by atoms with Crippen LogP contribution in [0.2, 0.25) is 0 Å². The topological polar surface area (TPSA) is 3.24 Å². The lowest BCUT2D eigenvalue weighted by molar-refractivity contribution is 1.28. The normalized spacial score (nSPS) is 11.2. The summed E-state index contributed by atoms with van der Waals surface area (Å²) in [5, 5.41) is 2.60. The second-order valence-corrected chi connectivity index (χ2v) is 15.1. The number of benzene rings is 9. The second-order valence-electron chi connectivity index (χ2n) is 14.0. The summed E-state index contributed by atoms with van der Waals surface area (Å²) in [6.07, 6.45) is 0. The van der Waals surface area contributed by atoms with E-state index in [4.69, 9.17) is 0 Å². The third-order valence-corrected chi connectivity index (χ3v) is 11.9. The zero-order valence-corrected chi connectivity index (χ0v) is 31.5. The number of para-hydroxylation sites is 2. The Morgan fingerprint density at radius 3 is 1.43 bits per heavy atom. The minimum Gasteiger partial charge on any atom is -0.309 e. The molecule has 0 bridgehead atoms. The summed E-state index contributed by atoms with van der Waals surface area (Å²) in [6.45, 7) is 0. The van der Waals surface area contributed by atoms with Gasteiger partial charge in [0.25, 0.3) is 0 Å². The van der Waals surface area contributed by atoms with E-state index in [1.165, 1.54) is 70.2 Å². The van der Waals surface area contributed by atoms with Crippen LogP contribution >= 0.6 is 11.3 Å². The molecule has 264 valence electrons. The molecule has 10 aromatic rings. The van der Waals surface area contributed by atoms with Gasteiger partial charge in [-0.3, -0.25) is 0 Å². The van der Waals surface area contributed by atoms with E-state index < -0.39 is 0 Å². The van der Waals surface area contributed by atoms with Crippen molar-refractivity contribution in [3.05, 3.63) is 224 Å². The Morgan fingerprint density at radius 1 is 0.286 bits per heavy atom. The van der Waals surface area contributed by atoms with Crippen LogP contribution in [-0.2, 0) is 0 Å². The van der Waals surface area contributed by atoms with E-state index >= 15 is 0 Å². The Balaban J connectivity index is 1.22. The molecule has 1 aromatic heterocycles. The number of fused-ring (bicyclic) bond motifs is 3. The SMILES string of the molecule is c1ccc(-c2cccc(N(c3ccccc3-c3ccccc3-c3ccccc3-c3ccccc3)c3ccccc3-c3cccc4c3sc3ccccc34)c2)cc1. The molecule has 0 aliphatic rings. The summed E-state index contributed by atoms with van der Waals surface area (Å²) in [6, 6.07) is 81.3. The van der Waals surface area contributed by atoms with Crippen molar-refractivity contribution in [1.29, 1.82) is 0 Å². The van der Waals surface area contributed by atoms with E-state index in [9.17, 15) is 0 Å². The van der Waals surface area contributed by atoms with E-state index in [0.29, 0.717) is 0 Å². The van der Waals surface area contributed by atoms with Gasteiger partial charge in [-0.05, 0) is 69.3 Å². The number of nitrogens with zero attached hydrogens (tertiary/aromatic N) is 1. The summed E-state index contributed by atoms with van der Waals surface area (Å²) in [7, 11) is 0. The molecule has 0 aliphatic heterocycles. The Kier molecular flexibility index (Phi) is 8.79. The number of thiophene rings is 1. The minimum atomic E-state index is 1.09. The van der Waals surface area contributed by atoms with Crippen molar-refractivity contribution in [3.8, 4) is 55.6 Å². The van der Waals surface area contributed by atoms with Crippen molar-refractivity contribution in [2.45, 2.75) is 0 Å². The third-order valence-electron chi connectivity index (χ3n) is 10.7. The Labute approximate surface area is 332 Å². The molecule has 0 amide bonds. The van der Waals surface area contributed by atoms with Gasteiger partial charge in [-0.15, -0.1) is 11.3 Å². The predicted molar refractivity (Wildman–Crippen MR) is 241 cm³/mol. The molecule has 2 heteroatoms. The largest absolute Gasteiger partial charge is 0.309 e. The van der Waals surface area contributed by atoms with Crippen molar-refractivity contribution in [3.63, 3.8) is 0 Å². The zero-order valence-electron chi connectivity index (χ0n) is 30.7. The summed E-state index contributed by atoms with van der Waals surface area (Å²) in [5.74, 6) is 0. The highest BCUT2D eigenvalue weighted by atomic mass is 32.1. The second kappa shape index (κ2) is 14.7. The first kappa shape index (κ1) is 33.6. The van der Waals surface area contributed by atoms with Gasteiger partial charge in [-0.25, -0.2) is 0 Å². The third kappa shape index (κ3) is 6.07. The molecule has 0 aliphatic carbocycles. The van der Waals surface area contributed by atoms with E-state index in [-0.39, 0.29) is 0 Å². The highest BCUT2D eigenvalue weighted by molar-refractivity contribution is 7.26. The minimum absolute atomic E-state index is 1.09. The van der Waals surface area contributed by atoms with E-state index in [1.54, 1.807) is 0 Å². The molecule has 1 heterocycles. The van der Waals surface area contributed by atoms with Gasteiger partial charge in [-0.1, -0.05) is 194 Å². The van der Waals surface area contributed by atoms with E-state index in [2.05, 4.69) is 229 Å². The van der Waals surface area contributed by atoms with Crippen LogP contribution in [0.4, 0.5) is 17.1 Å². The van der Waals surface area contributed by atoms with Crippen molar-refractivity contribution >= 4 is 48.6 Å². The predicted octanol–water partition coefficient (Wildman–Crippen LogP) is 15.9. The highest BCUT2D eigenvalue weighted by Crippen LogP contribution is 2.49. The molecule has 10 rings (SSSR count). The number of hydrogen-bond acceptors (Lipinski definition) is 2. The van der Waals surface area contributed by atoms with Crippen molar-refractivity contribution < 1.29 is 0 Å². The average Bonchev–Trinajstić information content (AvgIpc) is 3.67. The molecule has 1 nitrogen and oxygen atoms in total. The lowest BCUT2D eigenvalue weighted by Crippen LogP contribution is -2.12. The summed E-state index contributed by atoms with van der Waals surface area (Å²) in [4.78, 5) is 2.48. The fourth-order valence-electron chi connectivity index (χ4n) is 8.16. The monoisotopic (exact) mass is 731 g/mol. The first-order valence-corrected chi connectivity index (χ1v) is 19.9. The standard InChI is InChI=1S/C54H37NS/c1-3-19-38(20-4-1)40-23-17-24-41(37-40)55(52-35-15-12-30-47(52)49-32-18-33-50-48-31-13-16-36-53(48)56-54(49)50)51-34-14-11-29-46(51)45-28-10-9-27-44(45)43-26-8-7-25-42(43)39-21-5-2-6-22-39/h1-37H. The molecular formula is C54H37NS. The van der Waals surface area contributed by atoms with Gasteiger partial charge in [0, 0.05) is 42.6 Å². The van der Waals surface area contributed by atoms with Crippen LogP contribution in [0.15, 0.2) is 224 Å². The van der Waals surface area contributed by atoms with E-state index in [0.717, 1.165) is 22.6 Å². The van der Waals surface area contributed by atoms with Gasteiger partial charge in [0.15, 0.2) is 0 Å². The molecule has 0 saturated carbocycles.